The summed E-state index contributed by atoms with van der Waals surface area (Å²) in [5.74, 6) is 0. The molecule has 0 radical (unpaired) electrons. The Balaban J connectivity index is 0.000000673. The lowest BCUT2D eigenvalue weighted by Crippen LogP contribution is -2.35. The molecule has 0 unspecified atom stereocenters. The number of alkyl halides is 3. The monoisotopic (exact) mass is 239 g/mol. The fourth-order valence-corrected chi connectivity index (χ4v) is 0.646. The van der Waals surface area contributed by atoms with E-state index in [0.717, 1.165) is 10.9 Å². The lowest BCUT2D eigenvalue weighted by Gasteiger charge is -2.07. The first-order valence-corrected chi connectivity index (χ1v) is 3.81. The molecule has 0 saturated heterocycles. The van der Waals surface area contributed by atoms with E-state index in [2.05, 4.69) is 4.98 Å². The van der Waals surface area contributed by atoms with Crippen molar-refractivity contribution < 1.29 is 27.9 Å². The minimum atomic E-state index is -4.39. The number of carboxylic acid groups (broad SMARTS) is 1. The first-order valence-electron chi connectivity index (χ1n) is 3.81. The zero-order valence-corrected chi connectivity index (χ0v) is 7.81. The number of amides is 1. The van der Waals surface area contributed by atoms with Crippen molar-refractivity contribution in [1.29, 1.82) is 0 Å². The largest absolute Gasteiger partial charge is 0.483 e. The predicted molar refractivity (Wildman–Crippen MR) is 45.8 cm³/mol. The van der Waals surface area contributed by atoms with Crippen LogP contribution in [0.25, 0.3) is 0 Å². The van der Waals surface area contributed by atoms with Gasteiger partial charge in [-0.25, -0.2) is 9.78 Å². The summed E-state index contributed by atoms with van der Waals surface area (Å²) in [4.78, 5) is 22.7. The van der Waals surface area contributed by atoms with E-state index in [0.29, 0.717) is 0 Å². The van der Waals surface area contributed by atoms with Gasteiger partial charge in [-0.2, -0.15) is 13.2 Å². The van der Waals surface area contributed by atoms with Crippen LogP contribution in [0, 0.1) is 0 Å². The van der Waals surface area contributed by atoms with E-state index in [4.69, 9.17) is 9.90 Å². The SMILES string of the molecule is O=C(NCC(F)(F)F)n1ccnc1.O=CO. The number of carbonyl (C=O) groups is 2. The first-order chi connectivity index (χ1) is 7.40. The summed E-state index contributed by atoms with van der Waals surface area (Å²) in [7, 11) is 0. The molecular weight excluding hydrogens is 231 g/mol. The predicted octanol–water partition coefficient (Wildman–Crippen LogP) is 0.704. The van der Waals surface area contributed by atoms with Gasteiger partial charge in [0.2, 0.25) is 0 Å². The molecule has 9 heteroatoms. The average Bonchev–Trinajstić information content (AvgIpc) is 2.67. The van der Waals surface area contributed by atoms with Crippen LogP contribution in [0.4, 0.5) is 18.0 Å². The normalized spacial score (nSPS) is 9.94. The van der Waals surface area contributed by atoms with E-state index in [1.165, 1.54) is 12.4 Å². The minimum absolute atomic E-state index is 0.250. The fraction of sp³-hybridized carbons (Fsp3) is 0.286. The highest BCUT2D eigenvalue weighted by Crippen LogP contribution is 2.12. The average molecular weight is 239 g/mol. The van der Waals surface area contributed by atoms with Gasteiger partial charge in [0, 0.05) is 12.4 Å². The summed E-state index contributed by atoms with van der Waals surface area (Å²) in [5, 5.41) is 8.57. The second-order valence-electron chi connectivity index (χ2n) is 2.35. The minimum Gasteiger partial charge on any atom is -0.483 e. The van der Waals surface area contributed by atoms with E-state index in [-0.39, 0.29) is 6.47 Å². The summed E-state index contributed by atoms with van der Waals surface area (Å²) in [6, 6.07) is -0.852. The number of nitrogens with one attached hydrogen (secondary N) is 1. The number of aromatic nitrogens is 2. The van der Waals surface area contributed by atoms with Gasteiger partial charge in [-0.3, -0.25) is 9.36 Å². The van der Waals surface area contributed by atoms with Crippen molar-refractivity contribution in [1.82, 2.24) is 14.9 Å². The maximum atomic E-state index is 11.6. The first kappa shape index (κ1) is 13.9. The molecular formula is C7H8F3N3O3. The Morgan fingerprint density at radius 3 is 2.50 bits per heavy atom. The Labute approximate surface area is 87.7 Å². The number of rotatable bonds is 1. The molecule has 1 aromatic heterocycles. The van der Waals surface area contributed by atoms with Crippen molar-refractivity contribution in [3.05, 3.63) is 18.7 Å². The van der Waals surface area contributed by atoms with E-state index in [1.54, 1.807) is 5.32 Å². The van der Waals surface area contributed by atoms with Gasteiger partial charge in [-0.05, 0) is 0 Å². The standard InChI is InChI=1S/C6H6F3N3O.CH2O2/c7-6(8,9)3-11-5(13)12-2-1-10-4-12;2-1-3/h1-2,4H,3H2,(H,11,13);1H,(H,2,3). The van der Waals surface area contributed by atoms with Crippen molar-refractivity contribution >= 4 is 12.5 Å². The number of hydrogen-bond donors (Lipinski definition) is 2. The molecule has 0 fully saturated rings. The molecule has 1 rings (SSSR count). The van der Waals surface area contributed by atoms with Crippen LogP contribution in [0.3, 0.4) is 0 Å². The van der Waals surface area contributed by atoms with Gasteiger partial charge < -0.3 is 10.4 Å². The Morgan fingerprint density at radius 1 is 1.56 bits per heavy atom. The summed E-state index contributed by atoms with van der Waals surface area (Å²) in [6.07, 6.45) is -0.721. The Bertz CT molecular complexity index is 323. The van der Waals surface area contributed by atoms with Gasteiger partial charge in [-0.15, -0.1) is 0 Å². The third kappa shape index (κ3) is 6.40. The summed E-state index contributed by atoms with van der Waals surface area (Å²) < 4.78 is 35.8. The van der Waals surface area contributed by atoms with Gasteiger partial charge >= 0.3 is 12.2 Å². The number of carbonyl (C=O) groups excluding carboxylic acids is 1. The summed E-state index contributed by atoms with van der Waals surface area (Å²) >= 11 is 0. The van der Waals surface area contributed by atoms with Crippen molar-refractivity contribution in [2.45, 2.75) is 6.18 Å². The molecule has 0 aliphatic rings. The van der Waals surface area contributed by atoms with Gasteiger partial charge in [0.1, 0.15) is 12.9 Å². The highest BCUT2D eigenvalue weighted by Gasteiger charge is 2.27. The smallest absolute Gasteiger partial charge is 0.405 e. The van der Waals surface area contributed by atoms with Crippen molar-refractivity contribution in [2.24, 2.45) is 0 Å². The van der Waals surface area contributed by atoms with Crippen LogP contribution >= 0.6 is 0 Å². The van der Waals surface area contributed by atoms with Crippen LogP contribution in [-0.4, -0.2) is 39.9 Å². The molecule has 0 atom stereocenters. The zero-order chi connectivity index (χ0) is 12.6. The lowest BCUT2D eigenvalue weighted by molar-refractivity contribution is -0.123. The molecule has 6 nitrogen and oxygen atoms in total. The molecule has 2 N–H and O–H groups in total. The molecule has 1 amide bonds. The van der Waals surface area contributed by atoms with Crippen LogP contribution in [0.5, 0.6) is 0 Å². The lowest BCUT2D eigenvalue weighted by atomic mass is 10.6. The Kier molecular flexibility index (Phi) is 5.60. The molecule has 0 spiro atoms. The molecule has 0 saturated carbocycles. The van der Waals surface area contributed by atoms with Gasteiger partial charge in [0.05, 0.1) is 0 Å². The topological polar surface area (TPSA) is 84.2 Å². The molecule has 0 aromatic carbocycles. The molecule has 0 bridgehead atoms. The Morgan fingerprint density at radius 2 is 2.12 bits per heavy atom. The second kappa shape index (κ2) is 6.43. The highest BCUT2D eigenvalue weighted by atomic mass is 19.4. The zero-order valence-electron chi connectivity index (χ0n) is 7.81. The molecule has 1 aromatic rings. The number of hydrogen-bond acceptors (Lipinski definition) is 3. The second-order valence-corrected chi connectivity index (χ2v) is 2.35. The number of nitrogens with zero attached hydrogens (tertiary/aromatic N) is 2. The fourth-order valence-electron chi connectivity index (χ4n) is 0.646. The third-order valence-electron chi connectivity index (χ3n) is 1.18. The van der Waals surface area contributed by atoms with Gasteiger partial charge in [0.25, 0.3) is 6.47 Å². The Hall–Kier alpha value is -2.06. The van der Waals surface area contributed by atoms with E-state index >= 15 is 0 Å². The van der Waals surface area contributed by atoms with Crippen molar-refractivity contribution in [2.75, 3.05) is 6.54 Å². The summed E-state index contributed by atoms with van der Waals surface area (Å²) in [5.41, 5.74) is 0. The van der Waals surface area contributed by atoms with Crippen LogP contribution in [-0.2, 0) is 4.79 Å². The highest BCUT2D eigenvalue weighted by molar-refractivity contribution is 5.76. The van der Waals surface area contributed by atoms with Crippen molar-refractivity contribution in [3.63, 3.8) is 0 Å². The molecule has 0 aliphatic heterocycles. The van der Waals surface area contributed by atoms with Crippen LogP contribution in [0.15, 0.2) is 18.7 Å². The third-order valence-corrected chi connectivity index (χ3v) is 1.18. The molecule has 16 heavy (non-hydrogen) atoms. The quantitative estimate of drug-likeness (QED) is 0.706. The van der Waals surface area contributed by atoms with Crippen LogP contribution < -0.4 is 5.32 Å². The van der Waals surface area contributed by atoms with Gasteiger partial charge in [-0.1, -0.05) is 0 Å². The number of imidazole rings is 1. The van der Waals surface area contributed by atoms with E-state index < -0.39 is 18.8 Å². The van der Waals surface area contributed by atoms with Crippen LogP contribution in [0.1, 0.15) is 0 Å². The molecule has 0 aliphatic carbocycles. The maximum Gasteiger partial charge on any atom is 0.405 e. The van der Waals surface area contributed by atoms with E-state index in [1.807, 2.05) is 0 Å². The van der Waals surface area contributed by atoms with Crippen LogP contribution in [0.2, 0.25) is 0 Å². The van der Waals surface area contributed by atoms with Gasteiger partial charge in [0.15, 0.2) is 0 Å². The van der Waals surface area contributed by atoms with Crippen molar-refractivity contribution in [3.8, 4) is 0 Å². The summed E-state index contributed by atoms with van der Waals surface area (Å²) in [6.45, 7) is -1.59. The van der Waals surface area contributed by atoms with E-state index in [9.17, 15) is 18.0 Å². The maximum absolute atomic E-state index is 11.6. The number of halogens is 3. The molecule has 1 heterocycles. The molecule has 90 valence electrons.